The molecule has 0 bridgehead atoms. The van der Waals surface area contributed by atoms with Crippen molar-refractivity contribution in [2.45, 2.75) is 19.3 Å². The van der Waals surface area contributed by atoms with Crippen molar-refractivity contribution < 1.29 is 14.4 Å². The first kappa shape index (κ1) is 14.7. The quantitative estimate of drug-likeness (QED) is 0.369. The maximum Gasteiger partial charge on any atom is 0.228 e. The summed E-state index contributed by atoms with van der Waals surface area (Å²) in [4.78, 5) is 34.1. The number of nitrogen functional groups attached to an aromatic ring is 1. The summed E-state index contributed by atoms with van der Waals surface area (Å²) in [5, 5.41) is 0. The minimum atomic E-state index is -0.942. The van der Waals surface area contributed by atoms with E-state index in [1.165, 1.54) is 0 Å². The molecule has 0 spiro atoms. The van der Waals surface area contributed by atoms with Crippen molar-refractivity contribution in [3.8, 4) is 0 Å². The van der Waals surface area contributed by atoms with Gasteiger partial charge in [-0.2, -0.15) is 0 Å². The number of anilines is 1. The summed E-state index contributed by atoms with van der Waals surface area (Å²) < 4.78 is 0. The third kappa shape index (κ3) is 4.42. The van der Waals surface area contributed by atoms with Gasteiger partial charge in [-0.1, -0.05) is 0 Å². The lowest BCUT2D eigenvalue weighted by Gasteiger charge is -2.11. The second kappa shape index (κ2) is 6.53. The highest BCUT2D eigenvalue weighted by molar-refractivity contribution is 6.09. The molecule has 0 radical (unpaired) electrons. The van der Waals surface area contributed by atoms with E-state index in [0.717, 1.165) is 0 Å². The normalized spacial score (nSPS) is 11.8. The Bertz CT molecular complexity index is 482. The number of hydrogen-bond acceptors (Lipinski definition) is 4. The molecule has 1 aromatic carbocycles. The SMILES string of the molecule is NC(=O)CCCC(C(N)=O)C(=O)c1ccc(N)cc1. The van der Waals surface area contributed by atoms with E-state index >= 15 is 0 Å². The molecule has 0 aliphatic carbocycles. The van der Waals surface area contributed by atoms with Crippen LogP contribution in [-0.2, 0) is 9.59 Å². The molecule has 0 aromatic heterocycles. The van der Waals surface area contributed by atoms with Crippen molar-refractivity contribution in [2.75, 3.05) is 5.73 Å². The van der Waals surface area contributed by atoms with Crippen LogP contribution in [0.15, 0.2) is 24.3 Å². The molecule has 2 amide bonds. The Balaban J connectivity index is 2.75. The smallest absolute Gasteiger partial charge is 0.228 e. The Kier molecular flexibility index (Phi) is 5.05. The van der Waals surface area contributed by atoms with Gasteiger partial charge >= 0.3 is 0 Å². The molecule has 1 unspecified atom stereocenters. The van der Waals surface area contributed by atoms with Crippen LogP contribution in [0.2, 0.25) is 0 Å². The van der Waals surface area contributed by atoms with Crippen LogP contribution in [0.25, 0.3) is 0 Å². The second-order valence-corrected chi connectivity index (χ2v) is 4.30. The van der Waals surface area contributed by atoms with Gasteiger partial charge in [0.2, 0.25) is 11.8 Å². The van der Waals surface area contributed by atoms with Gasteiger partial charge in [-0.25, -0.2) is 0 Å². The predicted octanol–water partition coefficient (Wildman–Crippen LogP) is 0.209. The largest absolute Gasteiger partial charge is 0.399 e. The van der Waals surface area contributed by atoms with E-state index in [0.29, 0.717) is 17.7 Å². The summed E-state index contributed by atoms with van der Waals surface area (Å²) in [7, 11) is 0. The molecule has 6 nitrogen and oxygen atoms in total. The molecule has 19 heavy (non-hydrogen) atoms. The monoisotopic (exact) mass is 263 g/mol. The Hall–Kier alpha value is -2.37. The van der Waals surface area contributed by atoms with Crippen LogP contribution >= 0.6 is 0 Å². The minimum absolute atomic E-state index is 0.124. The Morgan fingerprint density at radius 1 is 1.05 bits per heavy atom. The first-order valence-electron chi connectivity index (χ1n) is 5.89. The third-order valence-corrected chi connectivity index (χ3v) is 2.77. The number of nitrogens with two attached hydrogens (primary N) is 3. The van der Waals surface area contributed by atoms with Crippen molar-refractivity contribution in [3.63, 3.8) is 0 Å². The summed E-state index contributed by atoms with van der Waals surface area (Å²) in [5.74, 6) is -2.48. The van der Waals surface area contributed by atoms with Gasteiger partial charge in [0.15, 0.2) is 5.78 Å². The average molecular weight is 263 g/mol. The highest BCUT2D eigenvalue weighted by atomic mass is 16.2. The van der Waals surface area contributed by atoms with Gasteiger partial charge in [0.1, 0.15) is 5.92 Å². The summed E-state index contributed by atoms with van der Waals surface area (Å²) in [6, 6.07) is 6.24. The zero-order valence-electron chi connectivity index (χ0n) is 10.5. The topological polar surface area (TPSA) is 129 Å². The van der Waals surface area contributed by atoms with Crippen LogP contribution in [0, 0.1) is 5.92 Å². The molecule has 102 valence electrons. The fraction of sp³-hybridized carbons (Fsp3) is 0.308. The number of primary amides is 2. The number of hydrogen-bond donors (Lipinski definition) is 3. The zero-order chi connectivity index (χ0) is 14.4. The molecule has 0 aliphatic rings. The van der Waals surface area contributed by atoms with Crippen molar-refractivity contribution in [2.24, 2.45) is 17.4 Å². The molecule has 0 saturated carbocycles. The van der Waals surface area contributed by atoms with E-state index in [1.807, 2.05) is 0 Å². The zero-order valence-corrected chi connectivity index (χ0v) is 10.5. The van der Waals surface area contributed by atoms with Crippen molar-refractivity contribution in [1.82, 2.24) is 0 Å². The van der Waals surface area contributed by atoms with Crippen LogP contribution in [0.5, 0.6) is 0 Å². The fourth-order valence-corrected chi connectivity index (χ4v) is 1.73. The maximum atomic E-state index is 12.1. The number of amides is 2. The molecule has 1 rings (SSSR count). The first-order chi connectivity index (χ1) is 8.91. The lowest BCUT2D eigenvalue weighted by Crippen LogP contribution is -2.30. The van der Waals surface area contributed by atoms with Crippen molar-refractivity contribution in [1.29, 1.82) is 0 Å². The van der Waals surface area contributed by atoms with Gasteiger partial charge in [0.25, 0.3) is 0 Å². The third-order valence-electron chi connectivity index (χ3n) is 2.77. The Morgan fingerprint density at radius 3 is 2.11 bits per heavy atom. The number of ketones is 1. The van der Waals surface area contributed by atoms with Crippen LogP contribution in [0.1, 0.15) is 29.6 Å². The summed E-state index contributed by atoms with van der Waals surface area (Å²) in [6.45, 7) is 0. The Morgan fingerprint density at radius 2 is 1.63 bits per heavy atom. The van der Waals surface area contributed by atoms with Crippen LogP contribution in [0.4, 0.5) is 5.69 Å². The highest BCUT2D eigenvalue weighted by Crippen LogP contribution is 2.16. The molecule has 0 fully saturated rings. The number of Topliss-reactive ketones (excluding diaryl/α,β-unsaturated/α-hetero) is 1. The lowest BCUT2D eigenvalue weighted by atomic mass is 9.92. The molecular weight excluding hydrogens is 246 g/mol. The van der Waals surface area contributed by atoms with E-state index in [4.69, 9.17) is 17.2 Å². The fourth-order valence-electron chi connectivity index (χ4n) is 1.73. The van der Waals surface area contributed by atoms with Crippen LogP contribution in [0.3, 0.4) is 0 Å². The average Bonchev–Trinajstić information content (AvgIpc) is 2.34. The predicted molar refractivity (Wildman–Crippen MR) is 70.9 cm³/mol. The number of carbonyl (C=O) groups excluding carboxylic acids is 3. The molecule has 0 aliphatic heterocycles. The summed E-state index contributed by atoms with van der Waals surface area (Å²) in [6.07, 6.45) is 0.684. The van der Waals surface area contributed by atoms with Gasteiger partial charge < -0.3 is 17.2 Å². The Labute approximate surface area is 110 Å². The summed E-state index contributed by atoms with van der Waals surface area (Å²) in [5.41, 5.74) is 16.6. The summed E-state index contributed by atoms with van der Waals surface area (Å²) >= 11 is 0. The van der Waals surface area contributed by atoms with E-state index in [1.54, 1.807) is 24.3 Å². The molecule has 6 N–H and O–H groups in total. The molecule has 1 atom stereocenters. The van der Waals surface area contributed by atoms with Crippen LogP contribution < -0.4 is 17.2 Å². The van der Waals surface area contributed by atoms with Gasteiger partial charge in [-0.3, -0.25) is 14.4 Å². The molecule has 6 heteroatoms. The first-order valence-corrected chi connectivity index (χ1v) is 5.89. The molecule has 0 heterocycles. The second-order valence-electron chi connectivity index (χ2n) is 4.30. The van der Waals surface area contributed by atoms with Gasteiger partial charge in [0, 0.05) is 17.7 Å². The van der Waals surface area contributed by atoms with E-state index in [2.05, 4.69) is 0 Å². The number of benzene rings is 1. The number of carbonyl (C=O) groups is 3. The van der Waals surface area contributed by atoms with E-state index in [-0.39, 0.29) is 18.6 Å². The molecule has 1 aromatic rings. The van der Waals surface area contributed by atoms with E-state index < -0.39 is 17.7 Å². The number of rotatable bonds is 7. The standard InChI is InChI=1S/C13H17N3O3/c14-9-6-4-8(5-7-9)12(18)10(13(16)19)2-1-3-11(15)17/h4-7,10H,1-3,14H2,(H2,15,17)(H2,16,19). The van der Waals surface area contributed by atoms with Gasteiger partial charge in [0.05, 0.1) is 0 Å². The minimum Gasteiger partial charge on any atom is -0.399 e. The van der Waals surface area contributed by atoms with Gasteiger partial charge in [-0.05, 0) is 37.1 Å². The highest BCUT2D eigenvalue weighted by Gasteiger charge is 2.25. The molecule has 0 saturated heterocycles. The van der Waals surface area contributed by atoms with Crippen molar-refractivity contribution in [3.05, 3.63) is 29.8 Å². The maximum absolute atomic E-state index is 12.1. The van der Waals surface area contributed by atoms with Crippen molar-refractivity contribution >= 4 is 23.3 Å². The molecular formula is C13H17N3O3. The van der Waals surface area contributed by atoms with Crippen LogP contribution in [-0.4, -0.2) is 17.6 Å². The lowest BCUT2D eigenvalue weighted by molar-refractivity contribution is -0.121. The van der Waals surface area contributed by atoms with E-state index in [9.17, 15) is 14.4 Å². The van der Waals surface area contributed by atoms with Gasteiger partial charge in [-0.15, -0.1) is 0 Å².